The van der Waals surface area contributed by atoms with E-state index in [-0.39, 0.29) is 5.41 Å². The van der Waals surface area contributed by atoms with Crippen molar-refractivity contribution in [2.45, 2.75) is 20.8 Å². The van der Waals surface area contributed by atoms with E-state index < -0.39 is 5.97 Å². The van der Waals surface area contributed by atoms with E-state index in [1.54, 1.807) is 6.07 Å². The number of hydrogen-bond donors (Lipinski definition) is 1. The van der Waals surface area contributed by atoms with Crippen molar-refractivity contribution in [2.24, 2.45) is 5.41 Å². The molecule has 0 spiro atoms. The van der Waals surface area contributed by atoms with Crippen molar-refractivity contribution in [3.63, 3.8) is 0 Å². The van der Waals surface area contributed by atoms with E-state index in [0.29, 0.717) is 4.88 Å². The predicted octanol–water partition coefficient (Wildman–Crippen LogP) is 2.93. The standard InChI is InChI=1S/C11H17NO2S/c1-11(2,3)7-12(4)9-6-5-8(15-9)10(13)14/h5-6H,7H2,1-4H3,(H,13,14). The van der Waals surface area contributed by atoms with Crippen LogP contribution in [0, 0.1) is 5.41 Å². The molecule has 1 aromatic rings. The molecule has 4 heteroatoms. The molecule has 84 valence electrons. The summed E-state index contributed by atoms with van der Waals surface area (Å²) in [7, 11) is 1.99. The fraction of sp³-hybridized carbons (Fsp3) is 0.545. The van der Waals surface area contributed by atoms with Gasteiger partial charge in [0.25, 0.3) is 0 Å². The maximum atomic E-state index is 10.7. The number of thiophene rings is 1. The second kappa shape index (κ2) is 4.23. The molecule has 0 aromatic carbocycles. The van der Waals surface area contributed by atoms with Gasteiger partial charge in [-0.2, -0.15) is 0 Å². The Morgan fingerprint density at radius 1 is 1.47 bits per heavy atom. The Bertz CT molecular complexity index is 352. The average Bonchev–Trinajstić information content (AvgIpc) is 2.47. The van der Waals surface area contributed by atoms with Gasteiger partial charge < -0.3 is 10.0 Å². The lowest BCUT2D eigenvalue weighted by Gasteiger charge is -2.26. The highest BCUT2D eigenvalue weighted by Gasteiger charge is 2.16. The van der Waals surface area contributed by atoms with Crippen LogP contribution < -0.4 is 4.90 Å². The zero-order chi connectivity index (χ0) is 11.6. The topological polar surface area (TPSA) is 40.5 Å². The Morgan fingerprint density at radius 3 is 2.47 bits per heavy atom. The van der Waals surface area contributed by atoms with Crippen molar-refractivity contribution in [3.8, 4) is 0 Å². The van der Waals surface area contributed by atoms with Crippen molar-refractivity contribution in [3.05, 3.63) is 17.0 Å². The zero-order valence-electron chi connectivity index (χ0n) is 9.57. The average molecular weight is 227 g/mol. The number of carbonyl (C=O) groups is 1. The maximum absolute atomic E-state index is 10.7. The highest BCUT2D eigenvalue weighted by molar-refractivity contribution is 7.17. The number of anilines is 1. The summed E-state index contributed by atoms with van der Waals surface area (Å²) < 4.78 is 0. The molecule has 1 heterocycles. The third kappa shape index (κ3) is 3.55. The van der Waals surface area contributed by atoms with Crippen LogP contribution in [-0.4, -0.2) is 24.7 Å². The molecule has 0 atom stereocenters. The van der Waals surface area contributed by atoms with Gasteiger partial charge in [-0.05, 0) is 17.5 Å². The van der Waals surface area contributed by atoms with Crippen LogP contribution in [0.25, 0.3) is 0 Å². The predicted molar refractivity (Wildman–Crippen MR) is 64.0 cm³/mol. The molecule has 0 aliphatic heterocycles. The molecular weight excluding hydrogens is 210 g/mol. The quantitative estimate of drug-likeness (QED) is 0.863. The van der Waals surface area contributed by atoms with Crippen LogP contribution in [0.1, 0.15) is 30.4 Å². The fourth-order valence-electron chi connectivity index (χ4n) is 1.44. The minimum absolute atomic E-state index is 0.210. The molecule has 15 heavy (non-hydrogen) atoms. The minimum atomic E-state index is -0.851. The van der Waals surface area contributed by atoms with Crippen molar-refractivity contribution < 1.29 is 9.90 Å². The molecule has 0 aliphatic rings. The van der Waals surface area contributed by atoms with Crippen molar-refractivity contribution >= 4 is 22.3 Å². The molecular formula is C11H17NO2S. The molecule has 0 saturated carbocycles. The second-order valence-corrected chi connectivity index (χ2v) is 5.92. The zero-order valence-corrected chi connectivity index (χ0v) is 10.4. The fourth-order valence-corrected chi connectivity index (χ4v) is 2.24. The molecule has 1 rings (SSSR count). The van der Waals surface area contributed by atoms with Crippen LogP contribution in [-0.2, 0) is 0 Å². The first-order valence-electron chi connectivity index (χ1n) is 4.84. The van der Waals surface area contributed by atoms with Gasteiger partial charge in [-0.1, -0.05) is 20.8 Å². The van der Waals surface area contributed by atoms with Crippen molar-refractivity contribution in [1.82, 2.24) is 0 Å². The lowest BCUT2D eigenvalue weighted by molar-refractivity contribution is 0.0702. The number of carboxylic acids is 1. The van der Waals surface area contributed by atoms with Gasteiger partial charge >= 0.3 is 5.97 Å². The summed E-state index contributed by atoms with van der Waals surface area (Å²) >= 11 is 1.32. The van der Waals surface area contributed by atoms with E-state index in [2.05, 4.69) is 25.7 Å². The van der Waals surface area contributed by atoms with Crippen molar-refractivity contribution in [2.75, 3.05) is 18.5 Å². The monoisotopic (exact) mass is 227 g/mol. The molecule has 0 bridgehead atoms. The van der Waals surface area contributed by atoms with Crippen LogP contribution >= 0.6 is 11.3 Å². The van der Waals surface area contributed by atoms with Crippen LogP contribution in [0.2, 0.25) is 0 Å². The maximum Gasteiger partial charge on any atom is 0.345 e. The van der Waals surface area contributed by atoms with E-state index in [1.807, 2.05) is 13.1 Å². The molecule has 0 aliphatic carbocycles. The minimum Gasteiger partial charge on any atom is -0.477 e. The molecule has 0 amide bonds. The first kappa shape index (κ1) is 12.0. The molecule has 0 unspecified atom stereocenters. The molecule has 0 fully saturated rings. The molecule has 1 aromatic heterocycles. The number of hydrogen-bond acceptors (Lipinski definition) is 3. The first-order valence-corrected chi connectivity index (χ1v) is 5.65. The van der Waals surface area contributed by atoms with Gasteiger partial charge in [0.2, 0.25) is 0 Å². The van der Waals surface area contributed by atoms with Gasteiger partial charge in [-0.15, -0.1) is 11.3 Å². The highest BCUT2D eigenvalue weighted by Crippen LogP contribution is 2.27. The Morgan fingerprint density at radius 2 is 2.07 bits per heavy atom. The lowest BCUT2D eigenvalue weighted by atomic mass is 9.96. The molecule has 0 saturated heterocycles. The van der Waals surface area contributed by atoms with Crippen LogP contribution in [0.4, 0.5) is 5.00 Å². The van der Waals surface area contributed by atoms with Gasteiger partial charge in [0, 0.05) is 13.6 Å². The van der Waals surface area contributed by atoms with Gasteiger partial charge in [-0.3, -0.25) is 0 Å². The Hall–Kier alpha value is -1.03. The molecule has 0 radical (unpaired) electrons. The first-order chi connectivity index (χ1) is 6.79. The summed E-state index contributed by atoms with van der Waals surface area (Å²) in [4.78, 5) is 13.2. The van der Waals surface area contributed by atoms with Gasteiger partial charge in [0.1, 0.15) is 4.88 Å². The van der Waals surface area contributed by atoms with Gasteiger partial charge in [0.05, 0.1) is 5.00 Å². The Labute approximate surface area is 94.3 Å². The van der Waals surface area contributed by atoms with E-state index >= 15 is 0 Å². The highest BCUT2D eigenvalue weighted by atomic mass is 32.1. The molecule has 3 nitrogen and oxygen atoms in total. The van der Waals surface area contributed by atoms with E-state index in [9.17, 15) is 4.79 Å². The van der Waals surface area contributed by atoms with Crippen LogP contribution in [0.3, 0.4) is 0 Å². The van der Waals surface area contributed by atoms with Crippen LogP contribution in [0.15, 0.2) is 12.1 Å². The normalized spacial score (nSPS) is 11.5. The second-order valence-electron chi connectivity index (χ2n) is 4.86. The Kier molecular flexibility index (Phi) is 3.39. The van der Waals surface area contributed by atoms with Crippen molar-refractivity contribution in [1.29, 1.82) is 0 Å². The number of aromatic carboxylic acids is 1. The van der Waals surface area contributed by atoms with Gasteiger partial charge in [0.15, 0.2) is 0 Å². The third-order valence-corrected chi connectivity index (χ3v) is 3.08. The van der Waals surface area contributed by atoms with Crippen LogP contribution in [0.5, 0.6) is 0 Å². The number of carboxylic acid groups (broad SMARTS) is 1. The smallest absolute Gasteiger partial charge is 0.345 e. The summed E-state index contributed by atoms with van der Waals surface area (Å²) in [6.07, 6.45) is 0. The number of rotatable bonds is 3. The number of nitrogens with zero attached hydrogens (tertiary/aromatic N) is 1. The summed E-state index contributed by atoms with van der Waals surface area (Å²) in [6.45, 7) is 7.40. The van der Waals surface area contributed by atoms with E-state index in [1.165, 1.54) is 11.3 Å². The van der Waals surface area contributed by atoms with E-state index in [0.717, 1.165) is 11.5 Å². The van der Waals surface area contributed by atoms with Gasteiger partial charge in [-0.25, -0.2) is 4.79 Å². The lowest BCUT2D eigenvalue weighted by Crippen LogP contribution is -2.28. The third-order valence-electron chi connectivity index (χ3n) is 1.89. The SMILES string of the molecule is CN(CC(C)(C)C)c1ccc(C(=O)O)s1. The summed E-state index contributed by atoms with van der Waals surface area (Å²) in [6, 6.07) is 3.52. The summed E-state index contributed by atoms with van der Waals surface area (Å²) in [5.74, 6) is -0.851. The summed E-state index contributed by atoms with van der Waals surface area (Å²) in [5, 5.41) is 9.81. The largest absolute Gasteiger partial charge is 0.477 e. The molecule has 1 N–H and O–H groups in total. The summed E-state index contributed by atoms with van der Waals surface area (Å²) in [5.41, 5.74) is 0.210. The van der Waals surface area contributed by atoms with E-state index in [4.69, 9.17) is 5.11 Å². The Balaban J connectivity index is 2.74.